The Hall–Kier alpha value is -2.18. The monoisotopic (exact) mass is 448 g/mol. The van der Waals surface area contributed by atoms with Crippen molar-refractivity contribution in [2.45, 2.75) is 44.8 Å². The Labute approximate surface area is 186 Å². The number of ether oxygens (including phenoxy) is 1. The van der Waals surface area contributed by atoms with Gasteiger partial charge in [-0.25, -0.2) is 8.78 Å². The lowest BCUT2D eigenvalue weighted by atomic mass is 10.1. The van der Waals surface area contributed by atoms with Gasteiger partial charge in [0.05, 0.1) is 5.56 Å². The van der Waals surface area contributed by atoms with E-state index in [9.17, 15) is 13.6 Å². The van der Waals surface area contributed by atoms with Gasteiger partial charge in [0.2, 0.25) is 0 Å². The van der Waals surface area contributed by atoms with E-state index in [0.29, 0.717) is 28.4 Å². The van der Waals surface area contributed by atoms with Gasteiger partial charge in [0.25, 0.3) is 5.91 Å². The summed E-state index contributed by atoms with van der Waals surface area (Å²) in [5, 5.41) is 0.538. The Morgan fingerprint density at radius 3 is 2.32 bits per heavy atom. The second-order valence-electron chi connectivity index (χ2n) is 8.36. The molecule has 2 aromatic rings. The van der Waals surface area contributed by atoms with Crippen molar-refractivity contribution in [2.24, 2.45) is 0 Å². The summed E-state index contributed by atoms with van der Waals surface area (Å²) in [6.07, 6.45) is 4.72. The van der Waals surface area contributed by atoms with Crippen molar-refractivity contribution in [1.82, 2.24) is 9.80 Å². The van der Waals surface area contributed by atoms with E-state index in [0.717, 1.165) is 64.3 Å². The summed E-state index contributed by atoms with van der Waals surface area (Å²) in [7, 11) is 0. The number of amides is 1. The lowest BCUT2D eigenvalue weighted by Crippen LogP contribution is -2.38. The van der Waals surface area contributed by atoms with E-state index in [1.165, 1.54) is 12.1 Å². The van der Waals surface area contributed by atoms with Gasteiger partial charge in [0, 0.05) is 43.8 Å². The number of piperidine rings is 2. The van der Waals surface area contributed by atoms with Crippen LogP contribution in [0.5, 0.6) is 5.75 Å². The van der Waals surface area contributed by atoms with Crippen LogP contribution in [0.1, 0.15) is 48.0 Å². The fraction of sp³-hybridized carbons (Fsp3) is 0.458. The van der Waals surface area contributed by atoms with Crippen LogP contribution in [0.15, 0.2) is 36.4 Å². The van der Waals surface area contributed by atoms with Crippen LogP contribution in [-0.2, 0) is 6.54 Å². The molecule has 0 aromatic heterocycles. The minimum atomic E-state index is -0.555. The van der Waals surface area contributed by atoms with E-state index in [1.54, 1.807) is 18.2 Å². The second kappa shape index (κ2) is 9.96. The Morgan fingerprint density at radius 1 is 0.968 bits per heavy atom. The third kappa shape index (κ3) is 5.74. The Balaban J connectivity index is 1.38. The molecule has 0 spiro atoms. The summed E-state index contributed by atoms with van der Waals surface area (Å²) in [5.74, 6) is -0.578. The van der Waals surface area contributed by atoms with Crippen molar-refractivity contribution < 1.29 is 18.3 Å². The molecular weight excluding hydrogens is 422 g/mol. The molecular formula is C24H27ClF2N2O2. The van der Waals surface area contributed by atoms with E-state index in [4.69, 9.17) is 16.3 Å². The molecule has 0 radical (unpaired) electrons. The molecule has 7 heteroatoms. The lowest BCUT2D eigenvalue weighted by Gasteiger charge is -2.33. The molecule has 31 heavy (non-hydrogen) atoms. The third-order valence-corrected chi connectivity index (χ3v) is 6.21. The highest BCUT2D eigenvalue weighted by atomic mass is 35.5. The number of halogens is 3. The first-order valence-electron chi connectivity index (χ1n) is 10.9. The molecule has 2 aliphatic rings. The molecule has 0 N–H and O–H groups in total. The highest BCUT2D eigenvalue weighted by molar-refractivity contribution is 6.30. The number of carbonyl (C=O) groups is 1. The van der Waals surface area contributed by atoms with Gasteiger partial charge in [-0.3, -0.25) is 9.69 Å². The Bertz CT molecular complexity index is 906. The molecule has 0 bridgehead atoms. The Kier molecular flexibility index (Phi) is 7.08. The number of carbonyl (C=O) groups excluding carboxylic acids is 1. The minimum absolute atomic E-state index is 0.00284. The number of likely N-dealkylation sites (tertiary alicyclic amines) is 2. The van der Waals surface area contributed by atoms with Crippen molar-refractivity contribution in [3.8, 4) is 5.75 Å². The zero-order valence-corrected chi connectivity index (χ0v) is 18.2. The summed E-state index contributed by atoms with van der Waals surface area (Å²) in [6.45, 7) is 3.55. The first-order chi connectivity index (χ1) is 15.0. The SMILES string of the molecule is O=C(c1ccc(Cl)cc1OC1CCN(Cc2cc(F)cc(F)c2)CC1)N1CCCCC1. The van der Waals surface area contributed by atoms with Crippen LogP contribution in [0.4, 0.5) is 8.78 Å². The predicted octanol–water partition coefficient (Wildman–Crippen LogP) is 5.29. The maximum absolute atomic E-state index is 13.4. The van der Waals surface area contributed by atoms with Gasteiger partial charge in [-0.1, -0.05) is 11.6 Å². The molecule has 2 fully saturated rings. The van der Waals surface area contributed by atoms with E-state index >= 15 is 0 Å². The smallest absolute Gasteiger partial charge is 0.257 e. The predicted molar refractivity (Wildman–Crippen MR) is 116 cm³/mol. The quantitative estimate of drug-likeness (QED) is 0.623. The molecule has 0 saturated carbocycles. The fourth-order valence-electron chi connectivity index (χ4n) is 4.36. The van der Waals surface area contributed by atoms with E-state index < -0.39 is 11.6 Å². The van der Waals surface area contributed by atoms with Gasteiger partial charge in [-0.2, -0.15) is 0 Å². The summed E-state index contributed by atoms with van der Waals surface area (Å²) >= 11 is 6.19. The molecule has 166 valence electrons. The van der Waals surface area contributed by atoms with Crippen LogP contribution in [0.2, 0.25) is 5.02 Å². The van der Waals surface area contributed by atoms with E-state index in [1.807, 2.05) is 4.90 Å². The van der Waals surface area contributed by atoms with Gasteiger partial charge in [-0.05, 0) is 68.0 Å². The van der Waals surface area contributed by atoms with Crippen LogP contribution >= 0.6 is 11.6 Å². The molecule has 2 aromatic carbocycles. The topological polar surface area (TPSA) is 32.8 Å². The largest absolute Gasteiger partial charge is 0.489 e. The van der Waals surface area contributed by atoms with Gasteiger partial charge in [0.15, 0.2) is 0 Å². The van der Waals surface area contributed by atoms with Crippen LogP contribution < -0.4 is 4.74 Å². The van der Waals surface area contributed by atoms with Gasteiger partial charge < -0.3 is 9.64 Å². The van der Waals surface area contributed by atoms with Crippen molar-refractivity contribution in [3.63, 3.8) is 0 Å². The first kappa shape index (κ1) is 22.0. The molecule has 4 nitrogen and oxygen atoms in total. The van der Waals surface area contributed by atoms with Crippen molar-refractivity contribution >= 4 is 17.5 Å². The summed E-state index contributed by atoms with van der Waals surface area (Å²) in [4.78, 5) is 17.1. The lowest BCUT2D eigenvalue weighted by molar-refractivity contribution is 0.0702. The zero-order chi connectivity index (χ0) is 21.8. The third-order valence-electron chi connectivity index (χ3n) is 5.97. The average Bonchev–Trinajstić information content (AvgIpc) is 2.75. The molecule has 2 saturated heterocycles. The highest BCUT2D eigenvalue weighted by Crippen LogP contribution is 2.29. The van der Waals surface area contributed by atoms with Crippen LogP contribution in [0.3, 0.4) is 0 Å². The normalized spacial score (nSPS) is 18.2. The highest BCUT2D eigenvalue weighted by Gasteiger charge is 2.25. The van der Waals surface area contributed by atoms with Crippen molar-refractivity contribution in [2.75, 3.05) is 26.2 Å². The molecule has 1 amide bonds. The van der Waals surface area contributed by atoms with Gasteiger partial charge in [0.1, 0.15) is 23.5 Å². The van der Waals surface area contributed by atoms with Crippen LogP contribution in [0.25, 0.3) is 0 Å². The first-order valence-corrected chi connectivity index (χ1v) is 11.3. The molecule has 2 heterocycles. The average molecular weight is 449 g/mol. The zero-order valence-electron chi connectivity index (χ0n) is 17.5. The molecule has 2 aliphatic heterocycles. The van der Waals surface area contributed by atoms with Crippen molar-refractivity contribution in [3.05, 3.63) is 64.2 Å². The number of rotatable bonds is 5. The second-order valence-corrected chi connectivity index (χ2v) is 8.80. The fourth-order valence-corrected chi connectivity index (χ4v) is 4.53. The molecule has 0 aliphatic carbocycles. The van der Waals surface area contributed by atoms with Crippen LogP contribution in [-0.4, -0.2) is 48.0 Å². The number of hydrogen-bond acceptors (Lipinski definition) is 3. The Morgan fingerprint density at radius 2 is 1.65 bits per heavy atom. The summed E-state index contributed by atoms with van der Waals surface area (Å²) in [5.41, 5.74) is 1.19. The van der Waals surface area contributed by atoms with Crippen LogP contribution in [0, 0.1) is 11.6 Å². The van der Waals surface area contributed by atoms with Gasteiger partial charge >= 0.3 is 0 Å². The van der Waals surface area contributed by atoms with Crippen molar-refractivity contribution in [1.29, 1.82) is 0 Å². The standard InChI is InChI=1S/C24H27ClF2N2O2/c25-18-4-5-22(24(30)29-8-2-1-3-9-29)23(14-18)31-21-6-10-28(11-7-21)16-17-12-19(26)15-20(27)13-17/h4-5,12-15,21H,1-3,6-11,16H2. The van der Waals surface area contributed by atoms with Gasteiger partial charge in [-0.15, -0.1) is 0 Å². The molecule has 4 rings (SSSR count). The summed E-state index contributed by atoms with van der Waals surface area (Å²) in [6, 6.07) is 8.83. The number of nitrogens with zero attached hydrogens (tertiary/aromatic N) is 2. The molecule has 0 unspecified atom stereocenters. The van der Waals surface area contributed by atoms with E-state index in [2.05, 4.69) is 4.90 Å². The summed E-state index contributed by atoms with van der Waals surface area (Å²) < 4.78 is 33.1. The maximum Gasteiger partial charge on any atom is 0.257 e. The maximum atomic E-state index is 13.4. The van der Waals surface area contributed by atoms with E-state index in [-0.39, 0.29) is 12.0 Å². The molecule has 0 atom stereocenters. The minimum Gasteiger partial charge on any atom is -0.489 e. The number of hydrogen-bond donors (Lipinski definition) is 0. The number of benzene rings is 2.